The van der Waals surface area contributed by atoms with Gasteiger partial charge in [-0.15, -0.1) is 0 Å². The third-order valence-corrected chi connectivity index (χ3v) is 3.01. The second-order valence-corrected chi connectivity index (χ2v) is 4.61. The van der Waals surface area contributed by atoms with Crippen molar-refractivity contribution in [2.24, 2.45) is 4.99 Å². The molecule has 0 saturated carbocycles. The van der Waals surface area contributed by atoms with E-state index in [1.807, 2.05) is 30.3 Å². The largest absolute Gasteiger partial charge is 0.507 e. The average molecular weight is 271 g/mol. The minimum Gasteiger partial charge on any atom is -0.507 e. The number of aliphatic imine (C=N–C) groups is 1. The molecule has 0 aliphatic carbocycles. The summed E-state index contributed by atoms with van der Waals surface area (Å²) in [5.41, 5.74) is 1.27. The van der Waals surface area contributed by atoms with Crippen molar-refractivity contribution in [1.29, 1.82) is 0 Å². The number of hydrogen-bond donors (Lipinski definition) is 1. The Balaban J connectivity index is 2.13. The molecular formula is C16H17NO3. The van der Waals surface area contributed by atoms with Gasteiger partial charge < -0.3 is 9.52 Å². The molecule has 0 saturated heterocycles. The highest BCUT2D eigenvalue weighted by Gasteiger charge is 2.12. The first-order valence-electron chi connectivity index (χ1n) is 6.47. The lowest BCUT2D eigenvalue weighted by atomic mass is 10.1. The molecule has 1 aromatic heterocycles. The lowest BCUT2D eigenvalue weighted by Crippen LogP contribution is -2.13. The number of benzene rings is 1. The highest BCUT2D eigenvalue weighted by molar-refractivity contribution is 6.00. The lowest BCUT2D eigenvalue weighted by Gasteiger charge is -2.04. The minimum absolute atomic E-state index is 0.0836. The highest BCUT2D eigenvalue weighted by atomic mass is 16.4. The molecule has 4 nitrogen and oxygen atoms in total. The Kier molecular flexibility index (Phi) is 4.35. The maximum absolute atomic E-state index is 11.7. The van der Waals surface area contributed by atoms with Gasteiger partial charge in [0.1, 0.15) is 17.1 Å². The second kappa shape index (κ2) is 6.19. The first kappa shape index (κ1) is 14.1. The van der Waals surface area contributed by atoms with E-state index < -0.39 is 5.63 Å². The van der Waals surface area contributed by atoms with Crippen molar-refractivity contribution in [3.05, 3.63) is 63.7 Å². The number of aryl methyl sites for hydroxylation is 1. The first-order chi connectivity index (χ1) is 9.58. The fraction of sp³-hybridized carbons (Fsp3) is 0.250. The Hall–Kier alpha value is -2.36. The van der Waals surface area contributed by atoms with E-state index >= 15 is 0 Å². The smallest absolute Gasteiger partial charge is 0.348 e. The fourth-order valence-corrected chi connectivity index (χ4v) is 2.01. The Morgan fingerprint density at radius 1 is 1.30 bits per heavy atom. The average Bonchev–Trinajstić information content (AvgIpc) is 2.38. The van der Waals surface area contributed by atoms with Crippen LogP contribution in [0.2, 0.25) is 0 Å². The zero-order valence-electron chi connectivity index (χ0n) is 11.6. The number of aromatic hydroxyl groups is 1. The van der Waals surface area contributed by atoms with Crippen LogP contribution in [0.3, 0.4) is 0 Å². The monoisotopic (exact) mass is 271 g/mol. The summed E-state index contributed by atoms with van der Waals surface area (Å²) < 4.78 is 4.98. The molecule has 2 rings (SSSR count). The van der Waals surface area contributed by atoms with Gasteiger partial charge in [0.15, 0.2) is 0 Å². The molecule has 2 aromatic rings. The van der Waals surface area contributed by atoms with Crippen LogP contribution in [0.25, 0.3) is 0 Å². The summed E-state index contributed by atoms with van der Waals surface area (Å²) in [4.78, 5) is 16.1. The van der Waals surface area contributed by atoms with Crippen LogP contribution in [0, 0.1) is 6.92 Å². The first-order valence-corrected chi connectivity index (χ1v) is 6.47. The molecule has 20 heavy (non-hydrogen) atoms. The van der Waals surface area contributed by atoms with Crippen LogP contribution >= 0.6 is 0 Å². The van der Waals surface area contributed by atoms with Gasteiger partial charge in [-0.25, -0.2) is 4.79 Å². The van der Waals surface area contributed by atoms with Gasteiger partial charge in [0.2, 0.25) is 0 Å². The molecule has 1 heterocycles. The summed E-state index contributed by atoms with van der Waals surface area (Å²) in [6.07, 6.45) is 0.788. The van der Waals surface area contributed by atoms with Gasteiger partial charge in [-0.05, 0) is 25.8 Å². The quantitative estimate of drug-likeness (QED) is 0.870. The van der Waals surface area contributed by atoms with E-state index in [-0.39, 0.29) is 11.3 Å². The van der Waals surface area contributed by atoms with Crippen LogP contribution in [0.15, 0.2) is 50.6 Å². The third kappa shape index (κ3) is 3.35. The van der Waals surface area contributed by atoms with Crippen LogP contribution in [-0.4, -0.2) is 17.4 Å². The van der Waals surface area contributed by atoms with Crippen LogP contribution in [0.4, 0.5) is 0 Å². The molecule has 0 fully saturated rings. The number of rotatable bonds is 4. The van der Waals surface area contributed by atoms with E-state index in [4.69, 9.17) is 4.42 Å². The van der Waals surface area contributed by atoms with Gasteiger partial charge in [-0.3, -0.25) is 4.99 Å². The topological polar surface area (TPSA) is 62.8 Å². The molecule has 4 heteroatoms. The van der Waals surface area contributed by atoms with E-state index in [2.05, 4.69) is 4.99 Å². The van der Waals surface area contributed by atoms with Crippen molar-refractivity contribution < 1.29 is 9.52 Å². The van der Waals surface area contributed by atoms with E-state index in [0.29, 0.717) is 18.0 Å². The summed E-state index contributed by atoms with van der Waals surface area (Å²) in [6, 6.07) is 11.4. The molecule has 0 atom stereocenters. The van der Waals surface area contributed by atoms with Crippen molar-refractivity contribution >= 4 is 5.71 Å². The summed E-state index contributed by atoms with van der Waals surface area (Å²) in [5, 5.41) is 9.82. The maximum Gasteiger partial charge on any atom is 0.348 e. The number of nitrogens with zero attached hydrogens (tertiary/aromatic N) is 1. The predicted molar refractivity (Wildman–Crippen MR) is 78.6 cm³/mol. The molecule has 0 aliphatic heterocycles. The molecule has 1 N–H and O–H groups in total. The SMILES string of the molecule is CC(=NCCc1ccccc1)c1c(O)cc(C)oc1=O. The predicted octanol–water partition coefficient (Wildman–Crippen LogP) is 2.71. The molecule has 104 valence electrons. The van der Waals surface area contributed by atoms with Crippen LogP contribution in [0.5, 0.6) is 5.75 Å². The zero-order chi connectivity index (χ0) is 14.5. The standard InChI is InChI=1S/C16H17NO3/c1-11-10-14(18)15(16(19)20-11)12(2)17-9-8-13-6-4-3-5-7-13/h3-7,10,18H,8-9H2,1-2H3. The number of hydrogen-bond acceptors (Lipinski definition) is 4. The molecular weight excluding hydrogens is 254 g/mol. The Labute approximate surface area is 117 Å². The molecule has 0 radical (unpaired) electrons. The van der Waals surface area contributed by atoms with Gasteiger partial charge in [-0.2, -0.15) is 0 Å². The van der Waals surface area contributed by atoms with Crippen molar-refractivity contribution in [3.63, 3.8) is 0 Å². The molecule has 0 aliphatic rings. The van der Waals surface area contributed by atoms with Crippen molar-refractivity contribution in [3.8, 4) is 5.75 Å². The fourth-order valence-electron chi connectivity index (χ4n) is 2.01. The van der Waals surface area contributed by atoms with Crippen LogP contribution in [0.1, 0.15) is 23.8 Å². The Bertz CT molecular complexity index is 672. The van der Waals surface area contributed by atoms with E-state index in [0.717, 1.165) is 6.42 Å². The molecule has 0 spiro atoms. The van der Waals surface area contributed by atoms with Crippen LogP contribution < -0.4 is 5.63 Å². The van der Waals surface area contributed by atoms with Crippen molar-refractivity contribution in [2.45, 2.75) is 20.3 Å². The minimum atomic E-state index is -0.552. The lowest BCUT2D eigenvalue weighted by molar-refractivity contribution is 0.432. The van der Waals surface area contributed by atoms with Crippen molar-refractivity contribution in [2.75, 3.05) is 6.54 Å². The van der Waals surface area contributed by atoms with Gasteiger partial charge >= 0.3 is 5.63 Å². The van der Waals surface area contributed by atoms with Gasteiger partial charge in [0.25, 0.3) is 0 Å². The van der Waals surface area contributed by atoms with Crippen molar-refractivity contribution in [1.82, 2.24) is 0 Å². The molecule has 0 bridgehead atoms. The van der Waals surface area contributed by atoms with Crippen LogP contribution in [-0.2, 0) is 6.42 Å². The second-order valence-electron chi connectivity index (χ2n) is 4.61. The molecule has 1 aromatic carbocycles. The highest BCUT2D eigenvalue weighted by Crippen LogP contribution is 2.15. The maximum atomic E-state index is 11.7. The Morgan fingerprint density at radius 2 is 2.00 bits per heavy atom. The Morgan fingerprint density at radius 3 is 2.65 bits per heavy atom. The zero-order valence-corrected chi connectivity index (χ0v) is 11.6. The molecule has 0 amide bonds. The van der Waals surface area contributed by atoms with Gasteiger partial charge in [-0.1, -0.05) is 30.3 Å². The van der Waals surface area contributed by atoms with E-state index in [1.165, 1.54) is 11.6 Å². The van der Waals surface area contributed by atoms with Gasteiger partial charge in [0.05, 0.1) is 5.71 Å². The summed E-state index contributed by atoms with van der Waals surface area (Å²) in [6.45, 7) is 3.88. The van der Waals surface area contributed by atoms with E-state index in [9.17, 15) is 9.90 Å². The normalized spacial score (nSPS) is 11.6. The third-order valence-electron chi connectivity index (χ3n) is 3.01. The molecule has 0 unspecified atom stereocenters. The summed E-state index contributed by atoms with van der Waals surface area (Å²) in [5.74, 6) is 0.299. The van der Waals surface area contributed by atoms with Gasteiger partial charge in [0, 0.05) is 12.6 Å². The summed E-state index contributed by atoms with van der Waals surface area (Å²) >= 11 is 0. The van der Waals surface area contributed by atoms with E-state index in [1.54, 1.807) is 13.8 Å². The summed E-state index contributed by atoms with van der Waals surface area (Å²) in [7, 11) is 0.